The number of ketones is 1. The quantitative estimate of drug-likeness (QED) is 0.601. The van der Waals surface area contributed by atoms with Gasteiger partial charge in [-0.05, 0) is 22.9 Å². The van der Waals surface area contributed by atoms with Crippen molar-refractivity contribution in [1.29, 1.82) is 0 Å². The number of ether oxygens (including phenoxy) is 1. The van der Waals surface area contributed by atoms with Crippen LogP contribution in [0, 0.1) is 0 Å². The number of benzene rings is 2. The Hall–Kier alpha value is -2.74. The van der Waals surface area contributed by atoms with Gasteiger partial charge in [-0.2, -0.15) is 0 Å². The highest BCUT2D eigenvalue weighted by Crippen LogP contribution is 2.39. The van der Waals surface area contributed by atoms with Crippen LogP contribution < -0.4 is 4.74 Å². The summed E-state index contributed by atoms with van der Waals surface area (Å²) >= 11 is 0. The Balaban J connectivity index is 1.39. The number of fused-ring (bicyclic) bond motifs is 1. The number of aliphatic imine (C=N–C) groups is 1. The molecule has 7 nitrogen and oxygen atoms in total. The Labute approximate surface area is 195 Å². The summed E-state index contributed by atoms with van der Waals surface area (Å²) in [6.45, 7) is 6.18. The first-order chi connectivity index (χ1) is 16.1. The van der Waals surface area contributed by atoms with E-state index in [1.807, 2.05) is 36.4 Å². The van der Waals surface area contributed by atoms with Gasteiger partial charge in [-0.25, -0.2) is 0 Å². The second kappa shape index (κ2) is 10.9. The third kappa shape index (κ3) is 5.43. The lowest BCUT2D eigenvalue weighted by atomic mass is 9.81. The van der Waals surface area contributed by atoms with E-state index >= 15 is 0 Å². The van der Waals surface area contributed by atoms with E-state index in [-0.39, 0.29) is 24.1 Å². The summed E-state index contributed by atoms with van der Waals surface area (Å²) in [6, 6.07) is 12.0. The predicted molar refractivity (Wildman–Crippen MR) is 130 cm³/mol. The summed E-state index contributed by atoms with van der Waals surface area (Å²) in [4.78, 5) is 21.9. The van der Waals surface area contributed by atoms with E-state index in [4.69, 9.17) is 9.84 Å². The number of nitrogens with zero attached hydrogens (tertiary/aromatic N) is 3. The molecule has 1 atom stereocenters. The standard InChI is InChI=1S/C26H33N3O4/c1-33-26-7-6-20(21-4-2-3-5-22(21)26)19-16-24(31)23(25(32)17-19)18-27-8-9-28-10-12-29(13-11-28)14-15-30/h2-7,18-19,30-31H,8-17H2,1H3. The fourth-order valence-electron chi connectivity index (χ4n) is 4.84. The minimum atomic E-state index is -0.0688. The van der Waals surface area contributed by atoms with Gasteiger partial charge in [0.05, 0.1) is 25.8 Å². The van der Waals surface area contributed by atoms with Crippen molar-refractivity contribution in [1.82, 2.24) is 9.80 Å². The van der Waals surface area contributed by atoms with Gasteiger partial charge >= 0.3 is 0 Å². The summed E-state index contributed by atoms with van der Waals surface area (Å²) in [5, 5.41) is 21.8. The van der Waals surface area contributed by atoms with Crippen molar-refractivity contribution in [2.45, 2.75) is 18.8 Å². The number of piperazine rings is 1. The zero-order valence-corrected chi connectivity index (χ0v) is 19.2. The van der Waals surface area contributed by atoms with E-state index in [1.165, 1.54) is 0 Å². The number of β-amino-alcohol motifs (C(OH)–C–C–N with tert-alkyl or cyclic N) is 1. The first-order valence-corrected chi connectivity index (χ1v) is 11.7. The summed E-state index contributed by atoms with van der Waals surface area (Å²) in [7, 11) is 1.66. The molecule has 1 aliphatic heterocycles. The van der Waals surface area contributed by atoms with Crippen molar-refractivity contribution in [3.05, 3.63) is 53.3 Å². The van der Waals surface area contributed by atoms with E-state index in [2.05, 4.69) is 14.8 Å². The molecular formula is C26H33N3O4. The van der Waals surface area contributed by atoms with Gasteiger partial charge in [0.1, 0.15) is 11.5 Å². The molecule has 1 fully saturated rings. The number of hydrogen-bond donors (Lipinski definition) is 2. The fraction of sp³-hybridized carbons (Fsp3) is 0.462. The van der Waals surface area contributed by atoms with Crippen LogP contribution >= 0.6 is 0 Å². The second-order valence-corrected chi connectivity index (χ2v) is 8.73. The van der Waals surface area contributed by atoms with Crippen LogP contribution in [0.2, 0.25) is 0 Å². The number of rotatable bonds is 8. The lowest BCUT2D eigenvalue weighted by Crippen LogP contribution is -2.47. The van der Waals surface area contributed by atoms with Gasteiger partial charge in [-0.15, -0.1) is 0 Å². The van der Waals surface area contributed by atoms with Gasteiger partial charge < -0.3 is 14.9 Å². The molecule has 0 amide bonds. The maximum atomic E-state index is 12.9. The van der Waals surface area contributed by atoms with Crippen molar-refractivity contribution >= 4 is 22.8 Å². The summed E-state index contributed by atoms with van der Waals surface area (Å²) < 4.78 is 5.49. The van der Waals surface area contributed by atoms with E-state index in [1.54, 1.807) is 13.3 Å². The largest absolute Gasteiger partial charge is 0.511 e. The highest BCUT2D eigenvalue weighted by atomic mass is 16.5. The number of hydrogen-bond acceptors (Lipinski definition) is 7. The topological polar surface area (TPSA) is 85.6 Å². The van der Waals surface area contributed by atoms with Crippen molar-refractivity contribution in [2.24, 2.45) is 4.99 Å². The van der Waals surface area contributed by atoms with Gasteiger partial charge in [0.2, 0.25) is 0 Å². The molecule has 0 radical (unpaired) electrons. The number of methoxy groups -OCH3 is 1. The van der Waals surface area contributed by atoms with Gasteiger partial charge in [0.15, 0.2) is 5.78 Å². The van der Waals surface area contributed by atoms with E-state index in [0.29, 0.717) is 25.0 Å². The molecule has 4 rings (SSSR count). The molecule has 2 N–H and O–H groups in total. The fourth-order valence-corrected chi connectivity index (χ4v) is 4.84. The average Bonchev–Trinajstić information content (AvgIpc) is 2.83. The molecular weight excluding hydrogens is 418 g/mol. The highest BCUT2D eigenvalue weighted by Gasteiger charge is 2.29. The molecule has 1 aliphatic carbocycles. The van der Waals surface area contributed by atoms with Crippen LogP contribution in [0.1, 0.15) is 24.3 Å². The molecule has 1 heterocycles. The number of aliphatic hydroxyl groups is 2. The van der Waals surface area contributed by atoms with Crippen LogP contribution in [0.25, 0.3) is 10.8 Å². The van der Waals surface area contributed by atoms with E-state index < -0.39 is 0 Å². The van der Waals surface area contributed by atoms with Crippen molar-refractivity contribution < 1.29 is 19.7 Å². The monoisotopic (exact) mass is 451 g/mol. The van der Waals surface area contributed by atoms with Crippen LogP contribution in [-0.2, 0) is 4.79 Å². The zero-order chi connectivity index (χ0) is 23.2. The molecule has 1 saturated heterocycles. The minimum absolute atomic E-state index is 0.0648. The Kier molecular flexibility index (Phi) is 7.75. The predicted octanol–water partition coefficient (Wildman–Crippen LogP) is 2.79. The third-order valence-corrected chi connectivity index (χ3v) is 6.71. The lowest BCUT2D eigenvalue weighted by Gasteiger charge is -2.33. The molecule has 0 aromatic heterocycles. The molecule has 0 saturated carbocycles. The number of carbonyl (C=O) groups is 1. The number of Topliss-reactive ketones (excluding diaryl/α,β-unsaturated/α-hetero) is 1. The molecule has 33 heavy (non-hydrogen) atoms. The van der Waals surface area contributed by atoms with Gasteiger partial charge in [-0.1, -0.05) is 30.3 Å². The van der Waals surface area contributed by atoms with Crippen molar-refractivity contribution in [3.8, 4) is 5.75 Å². The zero-order valence-electron chi connectivity index (χ0n) is 19.2. The van der Waals surface area contributed by atoms with Crippen LogP contribution in [0.4, 0.5) is 0 Å². The number of allylic oxidation sites excluding steroid dienone is 2. The van der Waals surface area contributed by atoms with Gasteiger partial charge in [0, 0.05) is 63.7 Å². The van der Waals surface area contributed by atoms with Crippen LogP contribution in [-0.4, -0.2) is 91.5 Å². The first kappa shape index (κ1) is 23.4. The molecule has 2 aliphatic rings. The normalized spacial score (nSPS) is 20.8. The van der Waals surface area contributed by atoms with Crippen LogP contribution in [0.15, 0.2) is 52.7 Å². The SMILES string of the molecule is COc1ccc(C2CC(=O)C(C=NCCN3CCN(CCO)CC3)=C(O)C2)c2ccccc12. The molecule has 0 spiro atoms. The molecule has 2 aromatic rings. The molecule has 7 heteroatoms. The summed E-state index contributed by atoms with van der Waals surface area (Å²) in [6.07, 6.45) is 2.34. The molecule has 176 valence electrons. The van der Waals surface area contributed by atoms with Crippen molar-refractivity contribution in [3.63, 3.8) is 0 Å². The second-order valence-electron chi connectivity index (χ2n) is 8.73. The lowest BCUT2D eigenvalue weighted by molar-refractivity contribution is -0.116. The van der Waals surface area contributed by atoms with Crippen molar-refractivity contribution in [2.75, 3.05) is 59.5 Å². The maximum absolute atomic E-state index is 12.9. The van der Waals surface area contributed by atoms with Gasteiger partial charge in [0.25, 0.3) is 0 Å². The summed E-state index contributed by atoms with van der Waals surface area (Å²) in [5.74, 6) is 0.794. The van der Waals surface area contributed by atoms with Gasteiger partial charge in [-0.3, -0.25) is 19.6 Å². The number of carbonyl (C=O) groups excluding carboxylic acids is 1. The van der Waals surface area contributed by atoms with E-state index in [0.717, 1.165) is 61.4 Å². The average molecular weight is 452 g/mol. The number of aliphatic hydroxyl groups excluding tert-OH is 2. The maximum Gasteiger partial charge on any atom is 0.168 e. The Bertz CT molecular complexity index is 1040. The first-order valence-electron chi connectivity index (χ1n) is 11.7. The smallest absolute Gasteiger partial charge is 0.168 e. The Morgan fingerprint density at radius 1 is 1.03 bits per heavy atom. The minimum Gasteiger partial charge on any atom is -0.511 e. The van der Waals surface area contributed by atoms with Crippen LogP contribution in [0.5, 0.6) is 5.75 Å². The van der Waals surface area contributed by atoms with E-state index in [9.17, 15) is 9.90 Å². The third-order valence-electron chi connectivity index (χ3n) is 6.71. The Morgan fingerprint density at radius 3 is 2.39 bits per heavy atom. The molecule has 1 unspecified atom stereocenters. The molecule has 2 aromatic carbocycles. The highest BCUT2D eigenvalue weighted by molar-refractivity contribution is 6.14. The molecule has 0 bridgehead atoms. The summed E-state index contributed by atoms with van der Waals surface area (Å²) in [5.41, 5.74) is 1.40. The Morgan fingerprint density at radius 2 is 1.73 bits per heavy atom. The van der Waals surface area contributed by atoms with Crippen LogP contribution in [0.3, 0.4) is 0 Å².